The fraction of sp³-hybridized carbons (Fsp3) is 0.667. The molecule has 3 N–H and O–H groups in total. The molecule has 0 spiro atoms. The van der Waals surface area contributed by atoms with Crippen molar-refractivity contribution in [3.8, 4) is 0 Å². The fourth-order valence-electron chi connectivity index (χ4n) is 1.51. The molecule has 16 heavy (non-hydrogen) atoms. The van der Waals surface area contributed by atoms with Crippen LogP contribution in [0, 0.1) is 5.92 Å². The molecule has 0 aromatic carbocycles. The van der Waals surface area contributed by atoms with E-state index in [4.69, 9.17) is 5.11 Å². The number of nitrogens with one attached hydrogen (secondary N) is 1. The van der Waals surface area contributed by atoms with Crippen molar-refractivity contribution in [3.05, 3.63) is 24.0 Å². The van der Waals surface area contributed by atoms with Gasteiger partial charge in [0, 0.05) is 18.9 Å². The third-order valence-electron chi connectivity index (χ3n) is 2.33. The Labute approximate surface area is 96.9 Å². The van der Waals surface area contributed by atoms with E-state index in [1.807, 2.05) is 23.0 Å². The summed E-state index contributed by atoms with van der Waals surface area (Å²) in [6, 6.07) is 2.03. The van der Waals surface area contributed by atoms with Crippen molar-refractivity contribution >= 4 is 0 Å². The van der Waals surface area contributed by atoms with Gasteiger partial charge >= 0.3 is 0 Å². The third kappa shape index (κ3) is 4.79. The molecule has 4 heteroatoms. The topological polar surface area (TPSA) is 57.4 Å². The van der Waals surface area contributed by atoms with Gasteiger partial charge in [-0.05, 0) is 24.1 Å². The molecule has 1 aromatic rings. The van der Waals surface area contributed by atoms with Crippen LogP contribution in [0.4, 0.5) is 0 Å². The summed E-state index contributed by atoms with van der Waals surface area (Å²) in [6.45, 7) is 6.45. The van der Waals surface area contributed by atoms with Crippen LogP contribution in [0.2, 0.25) is 0 Å². The minimum atomic E-state index is -0.677. The lowest BCUT2D eigenvalue weighted by Crippen LogP contribution is -2.19. The molecule has 0 aliphatic heterocycles. The SMILES string of the molecule is CC(C)CNCc1ccn(CC(O)CO)c1. The van der Waals surface area contributed by atoms with Crippen LogP contribution < -0.4 is 5.32 Å². The molecule has 0 bridgehead atoms. The Hall–Kier alpha value is -0.840. The van der Waals surface area contributed by atoms with Crippen LogP contribution in [0.1, 0.15) is 19.4 Å². The van der Waals surface area contributed by atoms with Gasteiger partial charge in [0.2, 0.25) is 0 Å². The molecule has 0 radical (unpaired) electrons. The molecule has 0 aliphatic carbocycles. The number of aliphatic hydroxyl groups is 2. The average Bonchev–Trinajstić information content (AvgIpc) is 2.65. The van der Waals surface area contributed by atoms with Crippen molar-refractivity contribution < 1.29 is 10.2 Å². The van der Waals surface area contributed by atoms with E-state index in [2.05, 4.69) is 19.2 Å². The Balaban J connectivity index is 2.33. The summed E-state index contributed by atoms with van der Waals surface area (Å²) in [7, 11) is 0. The van der Waals surface area contributed by atoms with Crippen LogP contribution in [0.5, 0.6) is 0 Å². The highest BCUT2D eigenvalue weighted by atomic mass is 16.3. The quantitative estimate of drug-likeness (QED) is 0.637. The van der Waals surface area contributed by atoms with E-state index in [-0.39, 0.29) is 6.61 Å². The summed E-state index contributed by atoms with van der Waals surface area (Å²) < 4.78 is 1.90. The lowest BCUT2D eigenvalue weighted by atomic mass is 10.2. The van der Waals surface area contributed by atoms with Crippen molar-refractivity contribution in [3.63, 3.8) is 0 Å². The Kier molecular flexibility index (Phi) is 5.52. The van der Waals surface area contributed by atoms with Crippen molar-refractivity contribution in [1.29, 1.82) is 0 Å². The molecule has 0 fully saturated rings. The molecule has 0 aliphatic rings. The maximum absolute atomic E-state index is 9.28. The maximum Gasteiger partial charge on any atom is 0.0949 e. The largest absolute Gasteiger partial charge is 0.394 e. The van der Waals surface area contributed by atoms with Gasteiger partial charge in [-0.25, -0.2) is 0 Å². The first kappa shape index (κ1) is 13.2. The molecule has 0 saturated heterocycles. The third-order valence-corrected chi connectivity index (χ3v) is 2.33. The van der Waals surface area contributed by atoms with Gasteiger partial charge in [0.1, 0.15) is 0 Å². The molecule has 1 atom stereocenters. The second kappa shape index (κ2) is 6.68. The Morgan fingerprint density at radius 2 is 2.19 bits per heavy atom. The first-order valence-electron chi connectivity index (χ1n) is 5.76. The van der Waals surface area contributed by atoms with Gasteiger partial charge in [-0.2, -0.15) is 0 Å². The zero-order chi connectivity index (χ0) is 12.0. The number of aliphatic hydroxyl groups excluding tert-OH is 2. The number of aromatic nitrogens is 1. The smallest absolute Gasteiger partial charge is 0.0949 e. The Bertz CT molecular complexity index is 297. The van der Waals surface area contributed by atoms with Crippen LogP contribution in [0.25, 0.3) is 0 Å². The second-order valence-electron chi connectivity index (χ2n) is 4.58. The highest BCUT2D eigenvalue weighted by molar-refractivity contribution is 5.10. The van der Waals surface area contributed by atoms with Gasteiger partial charge in [-0.3, -0.25) is 0 Å². The normalized spacial score (nSPS) is 13.3. The molecular formula is C12H22N2O2. The van der Waals surface area contributed by atoms with Gasteiger partial charge < -0.3 is 20.1 Å². The van der Waals surface area contributed by atoms with Crippen molar-refractivity contribution in [2.45, 2.75) is 33.0 Å². The second-order valence-corrected chi connectivity index (χ2v) is 4.58. The van der Waals surface area contributed by atoms with Crippen molar-refractivity contribution in [1.82, 2.24) is 9.88 Å². The van der Waals surface area contributed by atoms with E-state index in [0.717, 1.165) is 13.1 Å². The van der Waals surface area contributed by atoms with E-state index in [9.17, 15) is 5.11 Å². The first-order valence-corrected chi connectivity index (χ1v) is 5.76. The lowest BCUT2D eigenvalue weighted by molar-refractivity contribution is 0.0813. The summed E-state index contributed by atoms with van der Waals surface area (Å²) in [5.74, 6) is 0.651. The molecule has 1 heterocycles. The average molecular weight is 226 g/mol. The van der Waals surface area contributed by atoms with E-state index in [1.54, 1.807) is 0 Å². The highest BCUT2D eigenvalue weighted by Gasteiger charge is 2.03. The van der Waals surface area contributed by atoms with Gasteiger partial charge in [0.05, 0.1) is 19.3 Å². The van der Waals surface area contributed by atoms with Crippen LogP contribution in [-0.2, 0) is 13.1 Å². The molecule has 0 saturated carbocycles. The van der Waals surface area contributed by atoms with E-state index in [1.165, 1.54) is 5.56 Å². The van der Waals surface area contributed by atoms with Gasteiger partial charge in [-0.15, -0.1) is 0 Å². The van der Waals surface area contributed by atoms with Gasteiger partial charge in [0.25, 0.3) is 0 Å². The summed E-state index contributed by atoms with van der Waals surface area (Å²) >= 11 is 0. The monoisotopic (exact) mass is 226 g/mol. The molecule has 1 unspecified atom stereocenters. The van der Waals surface area contributed by atoms with Crippen molar-refractivity contribution in [2.24, 2.45) is 5.92 Å². The Morgan fingerprint density at radius 1 is 1.44 bits per heavy atom. The molecule has 92 valence electrons. The summed E-state index contributed by atoms with van der Waals surface area (Å²) in [6.07, 6.45) is 3.24. The number of hydrogen-bond acceptors (Lipinski definition) is 3. The molecule has 0 amide bonds. The van der Waals surface area contributed by atoms with Gasteiger partial charge in [-0.1, -0.05) is 13.8 Å². The highest BCUT2D eigenvalue weighted by Crippen LogP contribution is 2.02. The summed E-state index contributed by atoms with van der Waals surface area (Å²) in [4.78, 5) is 0. The van der Waals surface area contributed by atoms with E-state index >= 15 is 0 Å². The molecular weight excluding hydrogens is 204 g/mol. The van der Waals surface area contributed by atoms with Crippen LogP contribution >= 0.6 is 0 Å². The predicted octanol–water partition coefficient (Wildman–Crippen LogP) is 0.587. The fourth-order valence-corrected chi connectivity index (χ4v) is 1.51. The standard InChI is InChI=1S/C12H22N2O2/c1-10(2)5-13-6-11-3-4-14(7-11)8-12(16)9-15/h3-4,7,10,12-13,15-16H,5-6,8-9H2,1-2H3. The van der Waals surface area contributed by atoms with E-state index in [0.29, 0.717) is 12.5 Å². The molecule has 1 rings (SSSR count). The predicted molar refractivity (Wildman–Crippen MR) is 64.1 cm³/mol. The van der Waals surface area contributed by atoms with Gasteiger partial charge in [0.15, 0.2) is 0 Å². The van der Waals surface area contributed by atoms with Crippen LogP contribution in [0.15, 0.2) is 18.5 Å². The number of rotatable bonds is 7. The zero-order valence-corrected chi connectivity index (χ0v) is 10.1. The van der Waals surface area contributed by atoms with E-state index < -0.39 is 6.10 Å². The lowest BCUT2D eigenvalue weighted by Gasteiger charge is -2.08. The minimum Gasteiger partial charge on any atom is -0.394 e. The number of hydrogen-bond donors (Lipinski definition) is 3. The Morgan fingerprint density at radius 3 is 2.81 bits per heavy atom. The zero-order valence-electron chi connectivity index (χ0n) is 10.1. The van der Waals surface area contributed by atoms with Crippen LogP contribution in [0.3, 0.4) is 0 Å². The summed E-state index contributed by atoms with van der Waals surface area (Å²) in [5.41, 5.74) is 1.20. The first-order chi connectivity index (χ1) is 7.61. The number of nitrogens with zero attached hydrogens (tertiary/aromatic N) is 1. The summed E-state index contributed by atoms with van der Waals surface area (Å²) in [5, 5.41) is 21.4. The molecule has 4 nitrogen and oxygen atoms in total. The maximum atomic E-state index is 9.28. The van der Waals surface area contributed by atoms with Crippen LogP contribution in [-0.4, -0.2) is 34.0 Å². The minimum absolute atomic E-state index is 0.195. The van der Waals surface area contributed by atoms with Crippen molar-refractivity contribution in [2.75, 3.05) is 13.2 Å². The molecule has 1 aromatic heterocycles.